The molecule has 0 saturated carbocycles. The topological polar surface area (TPSA) is 3.24 Å². The summed E-state index contributed by atoms with van der Waals surface area (Å²) in [6.45, 7) is 2.25. The summed E-state index contributed by atoms with van der Waals surface area (Å²) in [7, 11) is 0.408. The van der Waals surface area contributed by atoms with Crippen LogP contribution in [0.15, 0.2) is 12.4 Å². The van der Waals surface area contributed by atoms with Gasteiger partial charge in [0.1, 0.15) is 0 Å². The second kappa shape index (κ2) is 2.34. The molecule has 0 aromatic heterocycles. The Balaban J connectivity index is 4.19. The summed E-state index contributed by atoms with van der Waals surface area (Å²) >= 11 is 0. The first-order valence-electron chi connectivity index (χ1n) is 2.01. The van der Waals surface area contributed by atoms with Gasteiger partial charge in [0.2, 0.25) is 0 Å². The second-order valence-electron chi connectivity index (χ2n) is 1.42. The van der Waals surface area contributed by atoms with Crippen LogP contribution in [0, 0.1) is 0 Å². The number of hydrogen-bond donors (Lipinski definition) is 0. The van der Waals surface area contributed by atoms with Gasteiger partial charge in [-0.3, -0.25) is 0 Å². The predicted molar refractivity (Wildman–Crippen MR) is 24.1 cm³/mol. The Labute approximate surface area is 49.5 Å². The monoisotopic (exact) mass is 143 g/mol. The average molecular weight is 143 g/mol. The van der Waals surface area contributed by atoms with Crippen molar-refractivity contribution in [2.75, 3.05) is 7.05 Å². The number of halogens is 4. The molecule has 0 amide bonds. The van der Waals surface area contributed by atoms with E-state index in [1.54, 1.807) is 0 Å². The fraction of sp³-hybridized carbons (Fsp3) is 0.500. The normalized spacial score (nSPS) is 12.2. The van der Waals surface area contributed by atoms with Crippen LogP contribution < -0.4 is 0 Å². The standard InChI is InChI=1S/C4H5F4N/c1-3(5)4(6,7)9(2)8/h1H2,2H3. The van der Waals surface area contributed by atoms with Crippen molar-refractivity contribution >= 4 is 0 Å². The highest BCUT2D eigenvalue weighted by atomic mass is 19.3. The van der Waals surface area contributed by atoms with Crippen LogP contribution in [0.25, 0.3) is 0 Å². The smallest absolute Gasteiger partial charge is 0.204 e. The van der Waals surface area contributed by atoms with Crippen LogP contribution >= 0.6 is 0 Å². The van der Waals surface area contributed by atoms with E-state index in [4.69, 9.17) is 0 Å². The molecule has 0 aliphatic heterocycles. The van der Waals surface area contributed by atoms with Crippen LogP contribution in [-0.2, 0) is 0 Å². The van der Waals surface area contributed by atoms with Gasteiger partial charge >= 0.3 is 6.05 Å². The van der Waals surface area contributed by atoms with Crippen molar-refractivity contribution in [3.63, 3.8) is 0 Å². The average Bonchev–Trinajstić information content (AvgIpc) is 1.65. The highest BCUT2D eigenvalue weighted by Gasteiger charge is 2.39. The first kappa shape index (κ1) is 8.42. The molecule has 0 fully saturated rings. The molecule has 0 heterocycles. The van der Waals surface area contributed by atoms with E-state index in [0.717, 1.165) is 0 Å². The van der Waals surface area contributed by atoms with E-state index in [1.807, 2.05) is 0 Å². The van der Waals surface area contributed by atoms with Crippen LogP contribution in [0.1, 0.15) is 0 Å². The molecule has 0 N–H and O–H groups in total. The minimum absolute atomic E-state index is 0.408. The molecule has 54 valence electrons. The van der Waals surface area contributed by atoms with Crippen LogP contribution in [0.2, 0.25) is 0 Å². The minimum Gasteiger partial charge on any atom is -0.204 e. The Hall–Kier alpha value is -0.580. The summed E-state index contributed by atoms with van der Waals surface area (Å²) in [6.07, 6.45) is 0. The maximum atomic E-state index is 11.7. The van der Waals surface area contributed by atoms with Crippen LogP contribution in [0.5, 0.6) is 0 Å². The van der Waals surface area contributed by atoms with E-state index in [0.29, 0.717) is 7.05 Å². The molecule has 0 spiro atoms. The Morgan fingerprint density at radius 3 is 1.89 bits per heavy atom. The van der Waals surface area contributed by atoms with Gasteiger partial charge in [0.05, 0.1) is 0 Å². The van der Waals surface area contributed by atoms with Gasteiger partial charge in [-0.2, -0.15) is 8.78 Å². The number of alkyl halides is 2. The van der Waals surface area contributed by atoms with Crippen LogP contribution in [0.3, 0.4) is 0 Å². The third-order valence-electron chi connectivity index (χ3n) is 0.713. The molecule has 0 saturated heterocycles. The molecular formula is C4H5F4N. The van der Waals surface area contributed by atoms with Gasteiger partial charge in [0.25, 0.3) is 0 Å². The van der Waals surface area contributed by atoms with E-state index >= 15 is 0 Å². The third-order valence-corrected chi connectivity index (χ3v) is 0.713. The Kier molecular flexibility index (Phi) is 2.19. The Morgan fingerprint density at radius 2 is 1.89 bits per heavy atom. The largest absolute Gasteiger partial charge is 0.381 e. The summed E-state index contributed by atoms with van der Waals surface area (Å²) in [4.78, 5) is 0. The summed E-state index contributed by atoms with van der Waals surface area (Å²) in [6, 6.07) is -4.19. The van der Waals surface area contributed by atoms with Gasteiger partial charge in [-0.15, -0.1) is 4.48 Å². The van der Waals surface area contributed by atoms with Crippen molar-refractivity contribution in [1.29, 1.82) is 0 Å². The van der Waals surface area contributed by atoms with E-state index < -0.39 is 17.0 Å². The lowest BCUT2D eigenvalue weighted by molar-refractivity contribution is -0.204. The lowest BCUT2D eigenvalue weighted by Crippen LogP contribution is -2.32. The van der Waals surface area contributed by atoms with Crippen molar-refractivity contribution < 1.29 is 17.7 Å². The lowest BCUT2D eigenvalue weighted by Gasteiger charge is -2.15. The molecule has 9 heavy (non-hydrogen) atoms. The first-order valence-corrected chi connectivity index (χ1v) is 2.01. The van der Waals surface area contributed by atoms with Crippen molar-refractivity contribution in [2.24, 2.45) is 0 Å². The van der Waals surface area contributed by atoms with Crippen molar-refractivity contribution in [1.82, 2.24) is 5.12 Å². The second-order valence-corrected chi connectivity index (χ2v) is 1.42. The number of likely N-dealkylation sites (N-methyl/N-ethyl adjacent to an activating group) is 1. The Morgan fingerprint density at radius 1 is 1.56 bits per heavy atom. The van der Waals surface area contributed by atoms with Gasteiger partial charge < -0.3 is 0 Å². The summed E-state index contributed by atoms with van der Waals surface area (Å²) < 4.78 is 46.5. The lowest BCUT2D eigenvalue weighted by atomic mass is 10.5. The summed E-state index contributed by atoms with van der Waals surface area (Å²) in [5.41, 5.74) is 0. The van der Waals surface area contributed by atoms with E-state index in [1.165, 1.54) is 0 Å². The molecule has 5 heteroatoms. The van der Waals surface area contributed by atoms with Gasteiger partial charge in [-0.05, 0) is 0 Å². The number of hydrogen-bond acceptors (Lipinski definition) is 1. The molecule has 0 aliphatic carbocycles. The molecule has 0 aliphatic rings. The van der Waals surface area contributed by atoms with Crippen LogP contribution in [-0.4, -0.2) is 18.2 Å². The fourth-order valence-electron chi connectivity index (χ4n) is 0.167. The molecule has 0 aromatic carbocycles. The molecular weight excluding hydrogens is 138 g/mol. The summed E-state index contributed by atoms with van der Waals surface area (Å²) in [5, 5.41) is -1.05. The predicted octanol–water partition coefficient (Wildman–Crippen LogP) is 1.88. The van der Waals surface area contributed by atoms with Gasteiger partial charge in [0.15, 0.2) is 5.83 Å². The van der Waals surface area contributed by atoms with Gasteiger partial charge in [0, 0.05) is 7.05 Å². The van der Waals surface area contributed by atoms with Gasteiger partial charge in [-0.1, -0.05) is 11.7 Å². The molecule has 0 bridgehead atoms. The number of rotatable bonds is 2. The number of nitrogens with zero attached hydrogens (tertiary/aromatic N) is 1. The molecule has 0 unspecified atom stereocenters. The first-order chi connectivity index (χ1) is 3.89. The SMILES string of the molecule is C=C(F)C(F)(F)N(C)F. The van der Waals surface area contributed by atoms with Crippen LogP contribution in [0.4, 0.5) is 17.7 Å². The highest BCUT2D eigenvalue weighted by molar-refractivity contribution is 4.93. The zero-order chi connectivity index (χ0) is 7.65. The summed E-state index contributed by atoms with van der Waals surface area (Å²) in [5.74, 6) is -2.01. The molecule has 0 rings (SSSR count). The maximum Gasteiger partial charge on any atom is 0.381 e. The van der Waals surface area contributed by atoms with Crippen molar-refractivity contribution in [3.05, 3.63) is 12.4 Å². The quantitative estimate of drug-likeness (QED) is 0.324. The zero-order valence-corrected chi connectivity index (χ0v) is 4.67. The zero-order valence-electron chi connectivity index (χ0n) is 4.67. The minimum atomic E-state index is -4.19. The van der Waals surface area contributed by atoms with Crippen molar-refractivity contribution in [3.8, 4) is 0 Å². The van der Waals surface area contributed by atoms with E-state index in [9.17, 15) is 17.7 Å². The van der Waals surface area contributed by atoms with Gasteiger partial charge in [-0.25, -0.2) is 4.39 Å². The maximum absolute atomic E-state index is 11.7. The Bertz CT molecular complexity index is 120. The third kappa shape index (κ3) is 1.67. The molecule has 0 radical (unpaired) electrons. The molecule has 1 nitrogen and oxygen atoms in total. The molecule has 0 atom stereocenters. The van der Waals surface area contributed by atoms with E-state index in [-0.39, 0.29) is 0 Å². The van der Waals surface area contributed by atoms with Crippen molar-refractivity contribution in [2.45, 2.75) is 6.05 Å². The fourth-order valence-corrected chi connectivity index (χ4v) is 0.167. The molecule has 0 aromatic rings. The van der Waals surface area contributed by atoms with E-state index in [2.05, 4.69) is 6.58 Å². The highest BCUT2D eigenvalue weighted by Crippen LogP contribution is 2.26.